The molecular formula is C16H18N4O6. The molecule has 3 aromatic rings. The molecule has 2 N–H and O–H groups in total. The molecule has 0 aliphatic carbocycles. The Morgan fingerprint density at radius 2 is 2.15 bits per heavy atom. The molecule has 0 atom stereocenters. The normalized spacial score (nSPS) is 11.5. The summed E-state index contributed by atoms with van der Waals surface area (Å²) >= 11 is 0. The number of alkyl carbamates (subject to hydrolysis) is 1. The Morgan fingerprint density at radius 1 is 1.35 bits per heavy atom. The van der Waals surface area contributed by atoms with Crippen LogP contribution < -0.4 is 15.8 Å². The minimum Gasteiger partial charge on any atom is -0.485 e. The van der Waals surface area contributed by atoms with Gasteiger partial charge in [0.2, 0.25) is 11.7 Å². The zero-order chi connectivity index (χ0) is 18.7. The van der Waals surface area contributed by atoms with Crippen molar-refractivity contribution in [2.75, 3.05) is 0 Å². The first-order chi connectivity index (χ1) is 12.3. The summed E-state index contributed by atoms with van der Waals surface area (Å²) in [6, 6.07) is 4.91. The van der Waals surface area contributed by atoms with Gasteiger partial charge in [-0.15, -0.1) is 0 Å². The number of ether oxygens (including phenoxy) is 2. The Morgan fingerprint density at radius 3 is 2.92 bits per heavy atom. The molecule has 10 nitrogen and oxygen atoms in total. The van der Waals surface area contributed by atoms with Crippen LogP contribution in [-0.4, -0.2) is 26.8 Å². The van der Waals surface area contributed by atoms with Gasteiger partial charge in [0.25, 0.3) is 0 Å². The molecule has 0 aliphatic rings. The molecule has 1 amide bonds. The summed E-state index contributed by atoms with van der Waals surface area (Å²) in [5, 5.41) is 6.29. The maximum Gasteiger partial charge on any atom is 0.417 e. The van der Waals surface area contributed by atoms with Crippen LogP contribution in [0.4, 0.5) is 4.79 Å². The minimum absolute atomic E-state index is 0.0458. The molecular weight excluding hydrogens is 344 g/mol. The van der Waals surface area contributed by atoms with Crippen LogP contribution in [0.3, 0.4) is 0 Å². The van der Waals surface area contributed by atoms with Gasteiger partial charge in [-0.3, -0.25) is 4.98 Å². The molecule has 0 unspecified atom stereocenters. The SMILES string of the molecule is CC(C)(C)OC(=O)NCc1nc(COc2ccc3oc(=O)[nH]c3c2)no1. The molecule has 0 saturated carbocycles. The second-order valence-corrected chi connectivity index (χ2v) is 6.42. The van der Waals surface area contributed by atoms with Crippen molar-refractivity contribution >= 4 is 17.2 Å². The Kier molecular flexibility index (Phi) is 4.65. The van der Waals surface area contributed by atoms with Crippen LogP contribution in [0.5, 0.6) is 5.75 Å². The van der Waals surface area contributed by atoms with Gasteiger partial charge < -0.3 is 23.7 Å². The van der Waals surface area contributed by atoms with Crippen LogP contribution in [0.25, 0.3) is 11.1 Å². The number of nitrogens with one attached hydrogen (secondary N) is 2. The van der Waals surface area contributed by atoms with E-state index in [1.54, 1.807) is 39.0 Å². The number of oxazole rings is 1. The van der Waals surface area contributed by atoms with Gasteiger partial charge in [0, 0.05) is 6.07 Å². The third-order valence-corrected chi connectivity index (χ3v) is 3.05. The predicted molar refractivity (Wildman–Crippen MR) is 88.5 cm³/mol. The monoisotopic (exact) mass is 362 g/mol. The van der Waals surface area contributed by atoms with Gasteiger partial charge in [-0.1, -0.05) is 5.16 Å². The van der Waals surface area contributed by atoms with Gasteiger partial charge >= 0.3 is 11.8 Å². The number of carbonyl (C=O) groups excluding carboxylic acids is 1. The highest BCUT2D eigenvalue weighted by atomic mass is 16.6. The standard InChI is InChI=1S/C16H18N4O6/c1-16(2,3)25-14(21)17-7-13-19-12(20-26-13)8-23-9-4-5-11-10(6-9)18-15(22)24-11/h4-6H,7-8H2,1-3H3,(H,17,21)(H,18,22). The summed E-state index contributed by atoms with van der Waals surface area (Å²) in [5.74, 6) is 0.515. The summed E-state index contributed by atoms with van der Waals surface area (Å²) in [4.78, 5) is 29.4. The topological polar surface area (TPSA) is 132 Å². The third kappa shape index (κ3) is 4.62. The molecule has 0 bridgehead atoms. The fraction of sp³-hybridized carbons (Fsp3) is 0.375. The molecule has 0 spiro atoms. The third-order valence-electron chi connectivity index (χ3n) is 3.05. The second-order valence-electron chi connectivity index (χ2n) is 6.42. The van der Waals surface area contributed by atoms with Gasteiger partial charge in [-0.2, -0.15) is 4.98 Å². The van der Waals surface area contributed by atoms with Crippen molar-refractivity contribution in [3.8, 4) is 5.75 Å². The van der Waals surface area contributed by atoms with Crippen molar-refractivity contribution in [3.05, 3.63) is 40.5 Å². The van der Waals surface area contributed by atoms with E-state index in [-0.39, 0.29) is 19.0 Å². The molecule has 0 fully saturated rings. The summed E-state index contributed by atoms with van der Waals surface area (Å²) in [5.41, 5.74) is 0.387. The van der Waals surface area contributed by atoms with E-state index in [4.69, 9.17) is 18.4 Å². The number of rotatable bonds is 5. The number of hydrogen-bond acceptors (Lipinski definition) is 8. The fourth-order valence-electron chi connectivity index (χ4n) is 2.05. The highest BCUT2D eigenvalue weighted by Gasteiger charge is 2.17. The molecule has 26 heavy (non-hydrogen) atoms. The summed E-state index contributed by atoms with van der Waals surface area (Å²) in [7, 11) is 0. The van der Waals surface area contributed by atoms with Crippen molar-refractivity contribution in [2.24, 2.45) is 0 Å². The van der Waals surface area contributed by atoms with Crippen molar-refractivity contribution in [1.29, 1.82) is 0 Å². The average Bonchev–Trinajstić information content (AvgIpc) is 3.14. The molecule has 138 valence electrons. The smallest absolute Gasteiger partial charge is 0.417 e. The van der Waals surface area contributed by atoms with Gasteiger partial charge in [-0.05, 0) is 32.9 Å². The lowest BCUT2D eigenvalue weighted by Crippen LogP contribution is -2.32. The number of nitrogens with zero attached hydrogens (tertiary/aromatic N) is 2. The van der Waals surface area contributed by atoms with E-state index >= 15 is 0 Å². The van der Waals surface area contributed by atoms with Crippen LogP contribution >= 0.6 is 0 Å². The Labute approximate surface area is 147 Å². The van der Waals surface area contributed by atoms with E-state index in [1.807, 2.05) is 0 Å². The Bertz CT molecular complexity index is 965. The lowest BCUT2D eigenvalue weighted by Gasteiger charge is -2.19. The molecule has 10 heteroatoms. The summed E-state index contributed by atoms with van der Waals surface area (Å²) < 4.78 is 20.6. The number of carbonyl (C=O) groups is 1. The van der Waals surface area contributed by atoms with E-state index in [9.17, 15) is 9.59 Å². The lowest BCUT2D eigenvalue weighted by molar-refractivity contribution is 0.0518. The van der Waals surface area contributed by atoms with E-state index in [2.05, 4.69) is 20.4 Å². The zero-order valence-corrected chi connectivity index (χ0v) is 14.5. The van der Waals surface area contributed by atoms with Crippen LogP contribution in [0, 0.1) is 0 Å². The predicted octanol–water partition coefficient (Wildman–Crippen LogP) is 2.11. The maximum absolute atomic E-state index is 11.6. The first-order valence-corrected chi connectivity index (χ1v) is 7.82. The van der Waals surface area contributed by atoms with Crippen molar-refractivity contribution in [2.45, 2.75) is 39.5 Å². The fourth-order valence-corrected chi connectivity index (χ4v) is 2.05. The average molecular weight is 362 g/mol. The second kappa shape index (κ2) is 6.90. The van der Waals surface area contributed by atoms with Crippen LogP contribution in [-0.2, 0) is 17.9 Å². The highest BCUT2D eigenvalue weighted by Crippen LogP contribution is 2.19. The zero-order valence-electron chi connectivity index (χ0n) is 14.5. The molecule has 2 heterocycles. The molecule has 0 saturated heterocycles. The lowest BCUT2D eigenvalue weighted by atomic mass is 10.2. The number of fused-ring (bicyclic) bond motifs is 1. The quantitative estimate of drug-likeness (QED) is 0.705. The first kappa shape index (κ1) is 17.5. The number of aromatic nitrogens is 3. The number of benzene rings is 1. The van der Waals surface area contributed by atoms with E-state index in [1.165, 1.54) is 0 Å². The first-order valence-electron chi connectivity index (χ1n) is 7.82. The number of amides is 1. The maximum atomic E-state index is 11.6. The van der Waals surface area contributed by atoms with E-state index < -0.39 is 17.5 Å². The van der Waals surface area contributed by atoms with Crippen LogP contribution in [0.2, 0.25) is 0 Å². The highest BCUT2D eigenvalue weighted by molar-refractivity contribution is 5.73. The number of aromatic amines is 1. The Hall–Kier alpha value is -3.30. The van der Waals surface area contributed by atoms with Gasteiger partial charge in [-0.25, -0.2) is 9.59 Å². The molecule has 0 radical (unpaired) electrons. The molecule has 1 aromatic carbocycles. The van der Waals surface area contributed by atoms with Gasteiger partial charge in [0.05, 0.1) is 5.52 Å². The van der Waals surface area contributed by atoms with Gasteiger partial charge in [0.15, 0.2) is 12.2 Å². The van der Waals surface area contributed by atoms with Crippen LogP contribution in [0.1, 0.15) is 32.5 Å². The van der Waals surface area contributed by atoms with Crippen molar-refractivity contribution < 1.29 is 23.2 Å². The number of H-pyrrole nitrogens is 1. The van der Waals surface area contributed by atoms with Gasteiger partial charge in [0.1, 0.15) is 17.9 Å². The summed E-state index contributed by atoms with van der Waals surface area (Å²) in [6.07, 6.45) is -0.573. The molecule has 2 aromatic heterocycles. The van der Waals surface area contributed by atoms with E-state index in [0.29, 0.717) is 22.7 Å². The summed E-state index contributed by atoms with van der Waals surface area (Å²) in [6.45, 7) is 5.41. The molecule has 0 aliphatic heterocycles. The molecule has 3 rings (SSSR count). The minimum atomic E-state index is -0.585. The largest absolute Gasteiger partial charge is 0.485 e. The Balaban J connectivity index is 1.53. The van der Waals surface area contributed by atoms with Crippen molar-refractivity contribution in [3.63, 3.8) is 0 Å². The van der Waals surface area contributed by atoms with Crippen molar-refractivity contribution in [1.82, 2.24) is 20.4 Å². The number of hydrogen-bond donors (Lipinski definition) is 2. The van der Waals surface area contributed by atoms with E-state index in [0.717, 1.165) is 0 Å². The van der Waals surface area contributed by atoms with Crippen LogP contribution in [0.15, 0.2) is 31.9 Å².